The summed E-state index contributed by atoms with van der Waals surface area (Å²) in [6.07, 6.45) is 3.46. The number of rotatable bonds is 5. The Morgan fingerprint density at radius 1 is 1.38 bits per heavy atom. The molecule has 0 spiro atoms. The quantitative estimate of drug-likeness (QED) is 0.907. The number of aliphatic hydroxyl groups excluding tert-OH is 1. The number of nitrogens with zero attached hydrogens (tertiary/aromatic N) is 3. The summed E-state index contributed by atoms with van der Waals surface area (Å²) in [5, 5.41) is 9.08. The molecule has 0 aliphatic heterocycles. The lowest BCUT2D eigenvalue weighted by molar-refractivity contribution is 0.0680. The van der Waals surface area contributed by atoms with E-state index < -0.39 is 0 Å². The first-order chi connectivity index (χ1) is 11.2. The van der Waals surface area contributed by atoms with Gasteiger partial charge in [-0.15, -0.1) is 0 Å². The molecule has 2 aromatic heterocycles. The summed E-state index contributed by atoms with van der Waals surface area (Å²) < 4.78 is 1.41. The number of hydrogen-bond donors (Lipinski definition) is 1. The number of aliphatic hydroxyl groups is 1. The van der Waals surface area contributed by atoms with Crippen molar-refractivity contribution < 1.29 is 9.90 Å². The molecule has 1 amide bonds. The highest BCUT2D eigenvalue weighted by Crippen LogP contribution is 2.17. The third-order valence-electron chi connectivity index (χ3n) is 3.70. The topological polar surface area (TPSA) is 74.9 Å². The number of hydrogen-bond acceptors (Lipinski definition) is 4. The van der Waals surface area contributed by atoms with Crippen molar-refractivity contribution >= 4 is 11.6 Å². The second kappa shape index (κ2) is 7.13. The maximum absolute atomic E-state index is 12.9. The Labute approximate surface area is 141 Å². The summed E-state index contributed by atoms with van der Waals surface area (Å²) >= 11 is 0. The van der Waals surface area contributed by atoms with E-state index in [2.05, 4.69) is 4.98 Å². The van der Waals surface area contributed by atoms with Crippen molar-refractivity contribution in [1.29, 1.82) is 0 Å². The van der Waals surface area contributed by atoms with Crippen molar-refractivity contribution in [1.82, 2.24) is 14.3 Å². The Morgan fingerprint density at radius 2 is 2.08 bits per heavy atom. The van der Waals surface area contributed by atoms with Gasteiger partial charge in [0.05, 0.1) is 0 Å². The van der Waals surface area contributed by atoms with Gasteiger partial charge >= 0.3 is 0 Å². The van der Waals surface area contributed by atoms with E-state index in [0.717, 1.165) is 5.56 Å². The first-order valence-electron chi connectivity index (χ1n) is 8.12. The van der Waals surface area contributed by atoms with Crippen LogP contribution in [0, 0.1) is 12.3 Å². The number of amides is 1. The van der Waals surface area contributed by atoms with Crippen molar-refractivity contribution in [3.05, 3.63) is 46.0 Å². The highest BCUT2D eigenvalue weighted by molar-refractivity contribution is 5.93. The molecule has 6 nitrogen and oxygen atoms in total. The van der Waals surface area contributed by atoms with Gasteiger partial charge in [-0.2, -0.15) is 0 Å². The minimum atomic E-state index is -0.364. The van der Waals surface area contributed by atoms with Gasteiger partial charge in [0.15, 0.2) is 0 Å². The second-order valence-electron chi connectivity index (χ2n) is 7.23. The molecule has 2 rings (SSSR count). The fourth-order valence-electron chi connectivity index (χ4n) is 2.65. The van der Waals surface area contributed by atoms with Gasteiger partial charge in [-0.25, -0.2) is 4.98 Å². The van der Waals surface area contributed by atoms with E-state index in [0.29, 0.717) is 25.2 Å². The zero-order valence-electron chi connectivity index (χ0n) is 14.7. The van der Waals surface area contributed by atoms with Crippen LogP contribution in [0.3, 0.4) is 0 Å². The van der Waals surface area contributed by atoms with Crippen LogP contribution in [-0.4, -0.2) is 45.0 Å². The molecule has 2 aromatic rings. The van der Waals surface area contributed by atoms with Crippen LogP contribution in [0.4, 0.5) is 0 Å². The summed E-state index contributed by atoms with van der Waals surface area (Å²) in [4.78, 5) is 31.5. The fourth-order valence-corrected chi connectivity index (χ4v) is 2.65. The Kier molecular flexibility index (Phi) is 5.39. The standard InChI is InChI=1S/C18H25N3O3/c1-13-7-5-9-21-15(13)19-11-14(17(21)24)16(23)20(8-6-10-22)12-18(2,3)4/h5,7,9,11,22H,6,8,10,12H2,1-4H3. The lowest BCUT2D eigenvalue weighted by atomic mass is 9.95. The number of carbonyl (C=O) groups excluding carboxylic acids is 1. The SMILES string of the molecule is Cc1cccn2c(=O)c(C(=O)N(CCCO)CC(C)(C)C)cnc12. The van der Waals surface area contributed by atoms with Gasteiger partial charge in [-0.1, -0.05) is 26.8 Å². The molecule has 0 radical (unpaired) electrons. The number of fused-ring (bicyclic) bond motifs is 1. The average molecular weight is 331 g/mol. The minimum Gasteiger partial charge on any atom is -0.396 e. The van der Waals surface area contributed by atoms with Crippen LogP contribution in [-0.2, 0) is 0 Å². The smallest absolute Gasteiger partial charge is 0.270 e. The molecule has 0 aromatic carbocycles. The Morgan fingerprint density at radius 3 is 2.71 bits per heavy atom. The Hall–Kier alpha value is -2.21. The molecular weight excluding hydrogens is 306 g/mol. The van der Waals surface area contributed by atoms with Crippen molar-refractivity contribution in [2.75, 3.05) is 19.7 Å². The molecule has 0 saturated carbocycles. The van der Waals surface area contributed by atoms with E-state index in [4.69, 9.17) is 5.11 Å². The molecule has 6 heteroatoms. The van der Waals surface area contributed by atoms with Crippen LogP contribution in [0.2, 0.25) is 0 Å². The number of pyridine rings is 1. The predicted octanol–water partition coefficient (Wildman–Crippen LogP) is 1.87. The number of aromatic nitrogens is 2. The lowest BCUT2D eigenvalue weighted by Gasteiger charge is -2.29. The molecule has 0 unspecified atom stereocenters. The zero-order chi connectivity index (χ0) is 17.9. The van der Waals surface area contributed by atoms with Gasteiger partial charge in [-0.3, -0.25) is 14.0 Å². The van der Waals surface area contributed by atoms with Gasteiger partial charge in [0.1, 0.15) is 11.2 Å². The van der Waals surface area contributed by atoms with Gasteiger partial charge in [0.2, 0.25) is 0 Å². The largest absolute Gasteiger partial charge is 0.396 e. The zero-order valence-corrected chi connectivity index (χ0v) is 14.7. The van der Waals surface area contributed by atoms with Gasteiger partial charge in [-0.05, 0) is 30.4 Å². The van der Waals surface area contributed by atoms with E-state index in [-0.39, 0.29) is 29.1 Å². The Balaban J connectivity index is 2.44. The fraction of sp³-hybridized carbons (Fsp3) is 0.500. The van der Waals surface area contributed by atoms with E-state index in [9.17, 15) is 9.59 Å². The normalized spacial score (nSPS) is 11.7. The van der Waals surface area contributed by atoms with Crippen LogP contribution >= 0.6 is 0 Å². The first kappa shape index (κ1) is 18.1. The van der Waals surface area contributed by atoms with E-state index in [1.54, 1.807) is 17.2 Å². The molecule has 2 heterocycles. The van der Waals surface area contributed by atoms with Crippen molar-refractivity contribution in [2.45, 2.75) is 34.1 Å². The highest BCUT2D eigenvalue weighted by Gasteiger charge is 2.24. The summed E-state index contributed by atoms with van der Waals surface area (Å²) in [5.74, 6) is -0.341. The lowest BCUT2D eigenvalue weighted by Crippen LogP contribution is -2.41. The van der Waals surface area contributed by atoms with Crippen molar-refractivity contribution in [2.24, 2.45) is 5.41 Å². The van der Waals surface area contributed by atoms with Crippen LogP contribution in [0.25, 0.3) is 5.65 Å². The highest BCUT2D eigenvalue weighted by atomic mass is 16.3. The molecule has 24 heavy (non-hydrogen) atoms. The van der Waals surface area contributed by atoms with Crippen LogP contribution < -0.4 is 5.56 Å². The van der Waals surface area contributed by atoms with E-state index in [1.807, 2.05) is 33.8 Å². The van der Waals surface area contributed by atoms with Crippen LogP contribution in [0.5, 0.6) is 0 Å². The molecule has 0 atom stereocenters. The minimum absolute atomic E-state index is 0.00205. The van der Waals surface area contributed by atoms with Crippen LogP contribution in [0.1, 0.15) is 43.1 Å². The van der Waals surface area contributed by atoms with Gasteiger partial charge in [0, 0.05) is 32.1 Å². The molecule has 130 valence electrons. The monoisotopic (exact) mass is 331 g/mol. The van der Waals surface area contributed by atoms with E-state index in [1.165, 1.54) is 10.6 Å². The molecule has 0 aliphatic carbocycles. The first-order valence-corrected chi connectivity index (χ1v) is 8.12. The molecule has 0 aliphatic rings. The third kappa shape index (κ3) is 4.00. The molecular formula is C18H25N3O3. The molecule has 1 N–H and O–H groups in total. The van der Waals surface area contributed by atoms with Crippen LogP contribution in [0.15, 0.2) is 29.3 Å². The summed E-state index contributed by atoms with van der Waals surface area (Å²) in [7, 11) is 0. The van der Waals surface area contributed by atoms with Crippen molar-refractivity contribution in [3.63, 3.8) is 0 Å². The van der Waals surface area contributed by atoms with E-state index >= 15 is 0 Å². The molecule has 0 fully saturated rings. The van der Waals surface area contributed by atoms with Gasteiger partial charge < -0.3 is 10.0 Å². The Bertz CT molecular complexity index is 790. The maximum atomic E-state index is 12.9. The van der Waals surface area contributed by atoms with Gasteiger partial charge in [0.25, 0.3) is 11.5 Å². The number of carbonyl (C=O) groups is 1. The summed E-state index contributed by atoms with van der Waals surface area (Å²) in [6.45, 7) is 8.87. The third-order valence-corrected chi connectivity index (χ3v) is 3.70. The number of aryl methyl sites for hydroxylation is 1. The summed E-state index contributed by atoms with van der Waals surface area (Å²) in [5.41, 5.74) is 1.01. The molecule has 0 saturated heterocycles. The average Bonchev–Trinajstić information content (AvgIpc) is 2.51. The van der Waals surface area contributed by atoms with Crippen molar-refractivity contribution in [3.8, 4) is 0 Å². The maximum Gasteiger partial charge on any atom is 0.270 e. The molecule has 0 bridgehead atoms. The predicted molar refractivity (Wildman–Crippen MR) is 93.3 cm³/mol. The second-order valence-corrected chi connectivity index (χ2v) is 7.23. The summed E-state index contributed by atoms with van der Waals surface area (Å²) in [6, 6.07) is 3.63.